The van der Waals surface area contributed by atoms with E-state index in [2.05, 4.69) is 0 Å². The van der Waals surface area contributed by atoms with E-state index in [4.69, 9.17) is 5.26 Å². The fourth-order valence-electron chi connectivity index (χ4n) is 1.62. The first-order valence-corrected chi connectivity index (χ1v) is 5.67. The zero-order valence-electron chi connectivity index (χ0n) is 7.96. The third-order valence-corrected chi connectivity index (χ3v) is 3.61. The molecular formula is C11H9F2NS. The van der Waals surface area contributed by atoms with Crippen LogP contribution in [0.5, 0.6) is 0 Å². The Labute approximate surface area is 91.1 Å². The maximum atomic E-state index is 13.1. The van der Waals surface area contributed by atoms with Gasteiger partial charge in [-0.3, -0.25) is 0 Å². The second kappa shape index (κ2) is 3.82. The van der Waals surface area contributed by atoms with Crippen molar-refractivity contribution in [2.24, 2.45) is 0 Å². The Hall–Kier alpha value is -1.08. The fraction of sp³-hybridized carbons (Fsp3) is 0.364. The van der Waals surface area contributed by atoms with E-state index in [-0.39, 0.29) is 5.56 Å². The molecule has 0 N–H and O–H groups in total. The van der Waals surface area contributed by atoms with Gasteiger partial charge in [0.15, 0.2) is 0 Å². The lowest BCUT2D eigenvalue weighted by molar-refractivity contribution is 0.0611. The van der Waals surface area contributed by atoms with E-state index in [1.54, 1.807) is 17.8 Å². The van der Waals surface area contributed by atoms with E-state index in [0.29, 0.717) is 0 Å². The molecule has 15 heavy (non-hydrogen) atoms. The Morgan fingerprint density at radius 3 is 2.93 bits per heavy atom. The van der Waals surface area contributed by atoms with Gasteiger partial charge in [0.25, 0.3) is 0 Å². The van der Waals surface area contributed by atoms with Crippen LogP contribution in [0.4, 0.5) is 8.78 Å². The summed E-state index contributed by atoms with van der Waals surface area (Å²) in [6, 6.07) is 5.53. The number of hydrogen-bond donors (Lipinski definition) is 0. The second-order valence-electron chi connectivity index (χ2n) is 3.46. The van der Waals surface area contributed by atoms with Crippen LogP contribution in [0.3, 0.4) is 0 Å². The Balaban J connectivity index is 2.41. The van der Waals surface area contributed by atoms with Gasteiger partial charge < -0.3 is 0 Å². The van der Waals surface area contributed by atoms with Crippen molar-refractivity contribution in [2.45, 2.75) is 23.7 Å². The highest BCUT2D eigenvalue weighted by Gasteiger charge is 2.31. The SMILES string of the molecule is N#CC(F)(F)c1ccc2c(c1)CCCS2. The number of nitrogens with zero attached hydrogens (tertiary/aromatic N) is 1. The molecule has 0 aliphatic carbocycles. The van der Waals surface area contributed by atoms with E-state index in [0.717, 1.165) is 35.1 Å². The smallest absolute Gasteiger partial charge is 0.191 e. The summed E-state index contributed by atoms with van der Waals surface area (Å²) in [6.07, 6.45) is 1.84. The van der Waals surface area contributed by atoms with Crippen molar-refractivity contribution >= 4 is 11.8 Å². The summed E-state index contributed by atoms with van der Waals surface area (Å²) in [5.74, 6) is -2.32. The van der Waals surface area contributed by atoms with Gasteiger partial charge in [-0.2, -0.15) is 14.0 Å². The van der Waals surface area contributed by atoms with E-state index in [9.17, 15) is 8.78 Å². The monoisotopic (exact) mass is 225 g/mol. The molecule has 0 saturated carbocycles. The van der Waals surface area contributed by atoms with Crippen molar-refractivity contribution in [3.63, 3.8) is 0 Å². The van der Waals surface area contributed by atoms with E-state index >= 15 is 0 Å². The number of aryl methyl sites for hydroxylation is 1. The van der Waals surface area contributed by atoms with Crippen molar-refractivity contribution in [3.8, 4) is 6.07 Å². The largest absolute Gasteiger partial charge is 0.357 e. The highest BCUT2D eigenvalue weighted by molar-refractivity contribution is 7.99. The van der Waals surface area contributed by atoms with Crippen molar-refractivity contribution in [1.82, 2.24) is 0 Å². The normalized spacial score (nSPS) is 15.5. The number of nitriles is 1. The molecule has 2 rings (SSSR count). The first kappa shape index (κ1) is 10.4. The molecule has 1 nitrogen and oxygen atoms in total. The number of thioether (sulfide) groups is 1. The van der Waals surface area contributed by atoms with E-state index in [1.165, 1.54) is 12.1 Å². The molecule has 1 aliphatic rings. The molecule has 78 valence electrons. The van der Waals surface area contributed by atoms with Crippen molar-refractivity contribution < 1.29 is 8.78 Å². The van der Waals surface area contributed by atoms with Gasteiger partial charge in [0.05, 0.1) is 0 Å². The Morgan fingerprint density at radius 1 is 1.40 bits per heavy atom. The molecule has 0 radical (unpaired) electrons. The van der Waals surface area contributed by atoms with Crippen LogP contribution in [0.2, 0.25) is 0 Å². The molecule has 0 saturated heterocycles. The Morgan fingerprint density at radius 2 is 2.20 bits per heavy atom. The van der Waals surface area contributed by atoms with Crippen LogP contribution in [-0.4, -0.2) is 5.75 Å². The average molecular weight is 225 g/mol. The Kier molecular flexibility index (Phi) is 2.66. The first-order valence-electron chi connectivity index (χ1n) is 4.69. The molecule has 1 aliphatic heterocycles. The van der Waals surface area contributed by atoms with Crippen LogP contribution in [-0.2, 0) is 12.3 Å². The Bertz CT molecular complexity index is 423. The molecule has 0 aromatic heterocycles. The number of benzene rings is 1. The van der Waals surface area contributed by atoms with Gasteiger partial charge in [-0.25, -0.2) is 0 Å². The lowest BCUT2D eigenvalue weighted by atomic mass is 10.0. The quantitative estimate of drug-likeness (QED) is 0.731. The van der Waals surface area contributed by atoms with Crippen molar-refractivity contribution in [2.75, 3.05) is 5.75 Å². The molecular weight excluding hydrogens is 216 g/mol. The third kappa shape index (κ3) is 1.98. The van der Waals surface area contributed by atoms with Gasteiger partial charge in [-0.15, -0.1) is 11.8 Å². The molecule has 0 fully saturated rings. The van der Waals surface area contributed by atoms with Crippen molar-refractivity contribution in [1.29, 1.82) is 5.26 Å². The fourth-order valence-corrected chi connectivity index (χ4v) is 2.64. The van der Waals surface area contributed by atoms with Gasteiger partial charge in [-0.05, 0) is 36.3 Å². The van der Waals surface area contributed by atoms with Gasteiger partial charge in [0.2, 0.25) is 0 Å². The van der Waals surface area contributed by atoms with Gasteiger partial charge in [-0.1, -0.05) is 6.07 Å². The zero-order valence-corrected chi connectivity index (χ0v) is 8.78. The average Bonchev–Trinajstić information content (AvgIpc) is 2.28. The summed E-state index contributed by atoms with van der Waals surface area (Å²) in [6.45, 7) is 0. The maximum absolute atomic E-state index is 13.1. The summed E-state index contributed by atoms with van der Waals surface area (Å²) < 4.78 is 26.2. The second-order valence-corrected chi connectivity index (χ2v) is 4.60. The summed E-state index contributed by atoms with van der Waals surface area (Å²) >= 11 is 1.69. The van der Waals surface area contributed by atoms with Crippen molar-refractivity contribution in [3.05, 3.63) is 29.3 Å². The summed E-state index contributed by atoms with van der Waals surface area (Å²) in [4.78, 5) is 1.07. The summed E-state index contributed by atoms with van der Waals surface area (Å²) in [7, 11) is 0. The predicted molar refractivity (Wildman–Crippen MR) is 55.0 cm³/mol. The summed E-state index contributed by atoms with van der Waals surface area (Å²) in [5.41, 5.74) is 0.755. The predicted octanol–water partition coefficient (Wildman–Crippen LogP) is 3.34. The van der Waals surface area contributed by atoms with Gasteiger partial charge in [0.1, 0.15) is 6.07 Å². The molecule has 0 atom stereocenters. The highest BCUT2D eigenvalue weighted by atomic mass is 32.2. The highest BCUT2D eigenvalue weighted by Crippen LogP contribution is 2.34. The minimum atomic E-state index is -3.36. The van der Waals surface area contributed by atoms with Crippen LogP contribution < -0.4 is 0 Å². The topological polar surface area (TPSA) is 23.8 Å². The van der Waals surface area contributed by atoms with Crippen LogP contribution in [0, 0.1) is 11.3 Å². The van der Waals surface area contributed by atoms with Gasteiger partial charge >= 0.3 is 5.92 Å². The number of rotatable bonds is 1. The number of hydrogen-bond acceptors (Lipinski definition) is 2. The molecule has 1 heterocycles. The number of halogens is 2. The van der Waals surface area contributed by atoms with E-state index < -0.39 is 5.92 Å². The molecule has 0 bridgehead atoms. The third-order valence-electron chi connectivity index (χ3n) is 2.41. The standard InChI is InChI=1S/C11H9F2NS/c12-11(13,7-14)9-3-4-10-8(6-9)2-1-5-15-10/h3-4,6H,1-2,5H2. The minimum Gasteiger partial charge on any atom is -0.191 e. The maximum Gasteiger partial charge on any atom is 0.357 e. The zero-order chi connectivity index (χ0) is 10.9. The molecule has 0 amide bonds. The van der Waals surface area contributed by atoms with Crippen LogP contribution >= 0.6 is 11.8 Å². The lowest BCUT2D eigenvalue weighted by Crippen LogP contribution is -2.11. The molecule has 1 aromatic rings. The van der Waals surface area contributed by atoms with Gasteiger partial charge in [0, 0.05) is 10.5 Å². The molecule has 4 heteroatoms. The number of fused-ring (bicyclic) bond motifs is 1. The van der Waals surface area contributed by atoms with E-state index in [1.807, 2.05) is 0 Å². The molecule has 0 spiro atoms. The minimum absolute atomic E-state index is 0.189. The summed E-state index contributed by atoms with van der Waals surface area (Å²) in [5, 5.41) is 8.35. The molecule has 0 unspecified atom stereocenters. The first-order chi connectivity index (χ1) is 7.13. The molecule has 1 aromatic carbocycles. The van der Waals surface area contributed by atoms with Crippen LogP contribution in [0.25, 0.3) is 0 Å². The number of alkyl halides is 2. The lowest BCUT2D eigenvalue weighted by Gasteiger charge is -2.17. The van der Waals surface area contributed by atoms with Crippen LogP contribution in [0.15, 0.2) is 23.1 Å². The van der Waals surface area contributed by atoms with Crippen LogP contribution in [0.1, 0.15) is 17.5 Å².